The number of hydrogen-bond acceptors (Lipinski definition) is 4. The number of ketones is 1. The zero-order chi connectivity index (χ0) is 17.3. The molecule has 0 bridgehead atoms. The van der Waals surface area contributed by atoms with Crippen LogP contribution in [0.5, 0.6) is 5.75 Å². The van der Waals surface area contributed by atoms with Crippen LogP contribution >= 0.6 is 0 Å². The fraction of sp³-hybridized carbons (Fsp3) is 0.474. The topological polar surface area (TPSA) is 63.6 Å². The molecule has 0 spiro atoms. The second-order valence-corrected chi connectivity index (χ2v) is 9.83. The van der Waals surface area contributed by atoms with Crippen LogP contribution in [0.3, 0.4) is 0 Å². The Labute approximate surface area is 158 Å². The maximum atomic E-state index is 12.5. The Hall–Kier alpha value is -1.16. The minimum absolute atomic E-state index is 0.0418. The third kappa shape index (κ3) is 3.90. The van der Waals surface area contributed by atoms with Crippen molar-refractivity contribution >= 4 is 14.8 Å². The number of phenolic OH excluding ortho intramolecular Hbond substituents is 1. The second kappa shape index (κ2) is 7.38. The van der Waals surface area contributed by atoms with Gasteiger partial charge in [0.05, 0.1) is 0 Å². The summed E-state index contributed by atoms with van der Waals surface area (Å²) in [6.45, 7) is 2.68. The number of fused-ring (bicyclic) bond motifs is 2. The van der Waals surface area contributed by atoms with E-state index in [0.29, 0.717) is 35.5 Å². The molecule has 1 aliphatic heterocycles. The van der Waals surface area contributed by atoms with E-state index in [-0.39, 0.29) is 50.0 Å². The van der Waals surface area contributed by atoms with Crippen molar-refractivity contribution in [2.45, 2.75) is 32.6 Å². The molecule has 1 aromatic carbocycles. The average molecular weight is 514 g/mol. The first kappa shape index (κ1) is 17.7. The van der Waals surface area contributed by atoms with Crippen LogP contribution in [0.4, 0.5) is 0 Å². The van der Waals surface area contributed by atoms with Gasteiger partial charge < -0.3 is 0 Å². The fourth-order valence-electron chi connectivity index (χ4n) is 3.85. The Kier molecular flexibility index (Phi) is 5.43. The minimum atomic E-state index is -0.353. The van der Waals surface area contributed by atoms with Crippen LogP contribution in [0.15, 0.2) is 24.3 Å². The molecule has 2 aliphatic rings. The first-order chi connectivity index (χ1) is 11.5. The monoisotopic (exact) mass is 515 g/mol. The van der Waals surface area contributed by atoms with Gasteiger partial charge in [-0.1, -0.05) is 0 Å². The molecule has 1 aromatic rings. The van der Waals surface area contributed by atoms with Crippen molar-refractivity contribution in [3.05, 3.63) is 35.4 Å². The number of hydrogen-bond donors (Lipinski definition) is 1. The van der Waals surface area contributed by atoms with Gasteiger partial charge in [-0.05, 0) is 0 Å². The van der Waals surface area contributed by atoms with Crippen molar-refractivity contribution in [3.8, 4) is 5.75 Å². The van der Waals surface area contributed by atoms with E-state index in [4.69, 9.17) is 4.74 Å². The van der Waals surface area contributed by atoms with Crippen LogP contribution in [0.25, 0.3) is 0 Å². The Bertz CT molecular complexity index is 695. The number of carbonyl (C=O) groups is 2. The van der Waals surface area contributed by atoms with Gasteiger partial charge in [-0.3, -0.25) is 0 Å². The molecular formula is C19H21HgO4. The fourth-order valence-corrected chi connectivity index (χ4v) is 6.11. The summed E-state index contributed by atoms with van der Waals surface area (Å²) >= 11 is 0.146. The van der Waals surface area contributed by atoms with Crippen molar-refractivity contribution in [1.29, 1.82) is 0 Å². The summed E-state index contributed by atoms with van der Waals surface area (Å²) in [7, 11) is 0. The molecule has 1 saturated carbocycles. The van der Waals surface area contributed by atoms with Crippen molar-refractivity contribution < 1.29 is 45.6 Å². The molecule has 0 saturated heterocycles. The molecule has 24 heavy (non-hydrogen) atoms. The second-order valence-electron chi connectivity index (χ2n) is 6.87. The molecule has 0 amide bonds. The van der Waals surface area contributed by atoms with E-state index in [9.17, 15) is 14.7 Å². The van der Waals surface area contributed by atoms with Gasteiger partial charge in [0.2, 0.25) is 0 Å². The van der Waals surface area contributed by atoms with Gasteiger partial charge in [-0.2, -0.15) is 0 Å². The number of benzene rings is 1. The number of cyclic esters (lactones) is 1. The number of rotatable bonds is 0. The summed E-state index contributed by atoms with van der Waals surface area (Å²) in [5.74, 6) is 1.71. The summed E-state index contributed by atoms with van der Waals surface area (Å²) in [4.78, 5) is 24.7. The third-order valence-electron chi connectivity index (χ3n) is 5.27. The molecule has 1 heterocycles. The quantitative estimate of drug-likeness (QED) is 0.428. The number of allylic oxidation sites excluding steroid dienone is 2. The molecule has 1 fully saturated rings. The molecule has 1 aliphatic carbocycles. The molecule has 5 heteroatoms. The van der Waals surface area contributed by atoms with E-state index in [1.165, 1.54) is 6.07 Å². The van der Waals surface area contributed by atoms with Gasteiger partial charge in [-0.15, -0.1) is 0 Å². The van der Waals surface area contributed by atoms with E-state index < -0.39 is 0 Å². The molecule has 3 unspecified atom stereocenters. The van der Waals surface area contributed by atoms with Gasteiger partial charge >= 0.3 is 159 Å². The van der Waals surface area contributed by atoms with Gasteiger partial charge in [-0.25, -0.2) is 0 Å². The molecule has 3 rings (SSSR count). The molecular weight excluding hydrogens is 493 g/mol. The van der Waals surface area contributed by atoms with E-state index in [2.05, 4.69) is 6.92 Å². The van der Waals surface area contributed by atoms with Crippen molar-refractivity contribution in [3.63, 3.8) is 0 Å². The molecule has 3 atom stereocenters. The van der Waals surface area contributed by atoms with Gasteiger partial charge in [0.25, 0.3) is 0 Å². The van der Waals surface area contributed by atoms with E-state index in [1.54, 1.807) is 12.1 Å². The van der Waals surface area contributed by atoms with Gasteiger partial charge in [0.15, 0.2) is 0 Å². The number of aromatic hydroxyl groups is 1. The average Bonchev–Trinajstić information content (AvgIpc) is 3.11. The first-order valence-electron chi connectivity index (χ1n) is 8.51. The third-order valence-corrected chi connectivity index (χ3v) is 7.44. The molecule has 0 radical (unpaired) electrons. The Morgan fingerprint density at radius 3 is 2.75 bits per heavy atom. The summed E-state index contributed by atoms with van der Waals surface area (Å²) in [6, 6.07) is 3.13. The molecule has 4 nitrogen and oxygen atoms in total. The zero-order valence-corrected chi connectivity index (χ0v) is 19.5. The number of ether oxygens (including phenoxy) is 1. The first-order valence-corrected chi connectivity index (χ1v) is 11.3. The number of carbonyl (C=O) groups excluding carboxylic acids is 2. The van der Waals surface area contributed by atoms with E-state index >= 15 is 0 Å². The SMILES string of the molecule is CC1C2CC/C=C/C(=O)Cc3cc(O)c[c]([Hg])c3C(=O)OCCC12. The van der Waals surface area contributed by atoms with Crippen LogP contribution in [0.1, 0.15) is 42.1 Å². The summed E-state index contributed by atoms with van der Waals surface area (Å²) in [6.07, 6.45) is 6.61. The Balaban J connectivity index is 1.87. The predicted molar refractivity (Wildman–Crippen MR) is 85.9 cm³/mol. The van der Waals surface area contributed by atoms with Crippen LogP contribution in [-0.2, 0) is 42.1 Å². The summed E-state index contributed by atoms with van der Waals surface area (Å²) < 4.78 is 6.33. The Morgan fingerprint density at radius 1 is 1.21 bits per heavy atom. The molecule has 1 N–H and O–H groups in total. The summed E-state index contributed by atoms with van der Waals surface area (Å²) in [5, 5.41) is 9.83. The van der Waals surface area contributed by atoms with Crippen LogP contribution in [0, 0.1) is 17.8 Å². The maximum absolute atomic E-state index is 12.5. The van der Waals surface area contributed by atoms with Crippen molar-refractivity contribution in [1.82, 2.24) is 0 Å². The number of phenols is 1. The standard InChI is InChI=1S/C19H21O4.Hg/c1-12-16-5-3-2-4-14(20)10-13-11-15(21)6-7-18(13)19(22)23-9-8-17(12)16;/h2,4,6,11-12,16-17,21H,3,5,8-10H2,1H3;/b4-2+;. The van der Waals surface area contributed by atoms with Crippen LogP contribution in [0.2, 0.25) is 0 Å². The molecule has 0 aromatic heterocycles. The van der Waals surface area contributed by atoms with E-state index in [1.807, 2.05) is 6.08 Å². The van der Waals surface area contributed by atoms with Crippen LogP contribution < -0.4 is 3.07 Å². The zero-order valence-electron chi connectivity index (χ0n) is 14.0. The molecule has 123 valence electrons. The van der Waals surface area contributed by atoms with E-state index in [0.717, 1.165) is 22.3 Å². The van der Waals surface area contributed by atoms with Crippen LogP contribution in [-0.4, -0.2) is 23.5 Å². The summed E-state index contributed by atoms with van der Waals surface area (Å²) in [5.41, 5.74) is 1.07. The van der Waals surface area contributed by atoms with Gasteiger partial charge in [0.1, 0.15) is 0 Å². The van der Waals surface area contributed by atoms with Gasteiger partial charge in [0, 0.05) is 0 Å². The normalized spacial score (nSPS) is 29.0. The predicted octanol–water partition coefficient (Wildman–Crippen LogP) is 2.45. The Morgan fingerprint density at radius 2 is 1.96 bits per heavy atom. The van der Waals surface area contributed by atoms with Crippen molar-refractivity contribution in [2.24, 2.45) is 17.8 Å². The van der Waals surface area contributed by atoms with Crippen molar-refractivity contribution in [2.75, 3.05) is 6.61 Å². The number of esters is 1.